The third kappa shape index (κ3) is 2.89. The number of carbonyl (C=O) groups is 1. The predicted octanol–water partition coefficient (Wildman–Crippen LogP) is 3.43. The maximum Gasteiger partial charge on any atom is 0.417 e. The van der Waals surface area contributed by atoms with Crippen LogP contribution >= 0.6 is 0 Å². The molecule has 3 nitrogen and oxygen atoms in total. The molecule has 0 radical (unpaired) electrons. The number of aromatic nitrogens is 1. The molecular formula is C15H13F3N2O. The highest BCUT2D eigenvalue weighted by Crippen LogP contribution is 2.40. The number of alkyl halides is 3. The van der Waals surface area contributed by atoms with Crippen molar-refractivity contribution in [1.29, 1.82) is 0 Å². The van der Waals surface area contributed by atoms with Crippen LogP contribution in [0, 0.1) is 0 Å². The van der Waals surface area contributed by atoms with E-state index in [4.69, 9.17) is 5.73 Å². The fourth-order valence-electron chi connectivity index (χ4n) is 2.32. The topological polar surface area (TPSA) is 56.0 Å². The Morgan fingerprint density at radius 3 is 2.48 bits per heavy atom. The van der Waals surface area contributed by atoms with E-state index < -0.39 is 17.6 Å². The van der Waals surface area contributed by atoms with Crippen LogP contribution in [0.5, 0.6) is 0 Å². The molecule has 0 unspecified atom stereocenters. The third-order valence-corrected chi connectivity index (χ3v) is 3.19. The van der Waals surface area contributed by atoms with Gasteiger partial charge in [0.25, 0.3) is 0 Å². The Kier molecular flexibility index (Phi) is 3.97. The van der Waals surface area contributed by atoms with Gasteiger partial charge in [0.15, 0.2) is 0 Å². The van der Waals surface area contributed by atoms with Crippen molar-refractivity contribution in [2.45, 2.75) is 19.5 Å². The van der Waals surface area contributed by atoms with Crippen LogP contribution < -0.4 is 5.73 Å². The van der Waals surface area contributed by atoms with Crippen molar-refractivity contribution in [3.8, 4) is 11.1 Å². The SMILES string of the molecule is CCc1c(C(N)=O)ccc(C(F)(F)F)c1-c1cccnc1. The van der Waals surface area contributed by atoms with E-state index in [1.807, 2.05) is 0 Å². The van der Waals surface area contributed by atoms with Gasteiger partial charge in [0.2, 0.25) is 5.91 Å². The number of nitrogens with two attached hydrogens (primary N) is 1. The molecule has 1 aromatic carbocycles. The lowest BCUT2D eigenvalue weighted by atomic mass is 9.89. The summed E-state index contributed by atoms with van der Waals surface area (Å²) in [6.07, 6.45) is -1.45. The normalized spacial score (nSPS) is 11.4. The van der Waals surface area contributed by atoms with Gasteiger partial charge in [0, 0.05) is 23.5 Å². The molecule has 1 aromatic heterocycles. The predicted molar refractivity (Wildman–Crippen MR) is 72.6 cm³/mol. The fraction of sp³-hybridized carbons (Fsp3) is 0.200. The summed E-state index contributed by atoms with van der Waals surface area (Å²) in [5.41, 5.74) is 5.13. The lowest BCUT2D eigenvalue weighted by Gasteiger charge is -2.18. The summed E-state index contributed by atoms with van der Waals surface area (Å²) in [5, 5.41) is 0. The number of primary amides is 1. The van der Waals surface area contributed by atoms with E-state index >= 15 is 0 Å². The highest BCUT2D eigenvalue weighted by molar-refractivity contribution is 5.97. The average Bonchev–Trinajstić information content (AvgIpc) is 2.45. The molecule has 0 saturated carbocycles. The van der Waals surface area contributed by atoms with E-state index in [-0.39, 0.29) is 23.1 Å². The molecule has 21 heavy (non-hydrogen) atoms. The largest absolute Gasteiger partial charge is 0.417 e. The standard InChI is InChI=1S/C15H13F3N2O/c1-2-10-11(14(19)21)5-6-12(15(16,17)18)13(10)9-4-3-7-20-8-9/h3-8H,2H2,1H3,(H2,19,21). The van der Waals surface area contributed by atoms with Gasteiger partial charge in [-0.15, -0.1) is 0 Å². The van der Waals surface area contributed by atoms with Crippen LogP contribution in [0.1, 0.15) is 28.4 Å². The zero-order chi connectivity index (χ0) is 15.6. The Balaban J connectivity index is 2.85. The molecule has 0 aliphatic rings. The van der Waals surface area contributed by atoms with Crippen molar-refractivity contribution in [3.63, 3.8) is 0 Å². The van der Waals surface area contributed by atoms with Crippen LogP contribution in [0.4, 0.5) is 13.2 Å². The summed E-state index contributed by atoms with van der Waals surface area (Å²) in [4.78, 5) is 15.3. The minimum absolute atomic E-state index is 0.0330. The van der Waals surface area contributed by atoms with Crippen LogP contribution in [0.25, 0.3) is 11.1 Å². The molecule has 0 saturated heterocycles. The third-order valence-electron chi connectivity index (χ3n) is 3.19. The van der Waals surface area contributed by atoms with E-state index in [0.29, 0.717) is 5.56 Å². The van der Waals surface area contributed by atoms with E-state index in [2.05, 4.69) is 4.98 Å². The first-order valence-electron chi connectivity index (χ1n) is 6.29. The Labute approximate surface area is 119 Å². The summed E-state index contributed by atoms with van der Waals surface area (Å²) in [7, 11) is 0. The summed E-state index contributed by atoms with van der Waals surface area (Å²) in [5.74, 6) is -0.745. The van der Waals surface area contributed by atoms with Gasteiger partial charge in [-0.2, -0.15) is 13.2 Å². The van der Waals surface area contributed by atoms with Gasteiger partial charge in [-0.3, -0.25) is 9.78 Å². The zero-order valence-electron chi connectivity index (χ0n) is 11.2. The molecule has 0 fully saturated rings. The Hall–Kier alpha value is -2.37. The molecule has 1 amide bonds. The average molecular weight is 294 g/mol. The molecular weight excluding hydrogens is 281 g/mol. The second kappa shape index (κ2) is 5.55. The van der Waals surface area contributed by atoms with Crippen LogP contribution in [0.3, 0.4) is 0 Å². The van der Waals surface area contributed by atoms with Crippen molar-refractivity contribution in [2.24, 2.45) is 5.73 Å². The minimum Gasteiger partial charge on any atom is -0.366 e. The minimum atomic E-state index is -4.52. The first-order chi connectivity index (χ1) is 9.86. The zero-order valence-corrected chi connectivity index (χ0v) is 11.2. The molecule has 0 bridgehead atoms. The second-order valence-corrected chi connectivity index (χ2v) is 4.47. The monoisotopic (exact) mass is 294 g/mol. The Morgan fingerprint density at radius 1 is 1.29 bits per heavy atom. The number of carbonyl (C=O) groups excluding carboxylic acids is 1. The smallest absolute Gasteiger partial charge is 0.366 e. The number of benzene rings is 1. The number of amides is 1. The van der Waals surface area contributed by atoms with E-state index in [1.54, 1.807) is 13.0 Å². The number of pyridine rings is 1. The van der Waals surface area contributed by atoms with Crippen molar-refractivity contribution >= 4 is 5.91 Å². The van der Waals surface area contributed by atoms with Gasteiger partial charge in [0.05, 0.1) is 5.56 Å². The number of rotatable bonds is 3. The van der Waals surface area contributed by atoms with Gasteiger partial charge in [0.1, 0.15) is 0 Å². The van der Waals surface area contributed by atoms with E-state index in [0.717, 1.165) is 12.1 Å². The van der Waals surface area contributed by atoms with E-state index in [9.17, 15) is 18.0 Å². The lowest BCUT2D eigenvalue weighted by molar-refractivity contribution is -0.137. The van der Waals surface area contributed by atoms with Crippen LogP contribution in [0.15, 0.2) is 36.7 Å². The van der Waals surface area contributed by atoms with E-state index in [1.165, 1.54) is 18.5 Å². The molecule has 0 atom stereocenters. The molecule has 6 heteroatoms. The molecule has 2 rings (SSSR count). The quantitative estimate of drug-likeness (QED) is 0.943. The molecule has 0 spiro atoms. The van der Waals surface area contributed by atoms with Crippen molar-refractivity contribution in [2.75, 3.05) is 0 Å². The second-order valence-electron chi connectivity index (χ2n) is 4.47. The van der Waals surface area contributed by atoms with Gasteiger partial charge in [-0.25, -0.2) is 0 Å². The van der Waals surface area contributed by atoms with Crippen molar-refractivity contribution in [1.82, 2.24) is 4.98 Å². The molecule has 2 aromatic rings. The van der Waals surface area contributed by atoms with Crippen LogP contribution in [0.2, 0.25) is 0 Å². The molecule has 1 heterocycles. The fourth-order valence-corrected chi connectivity index (χ4v) is 2.32. The van der Waals surface area contributed by atoms with Crippen LogP contribution in [-0.4, -0.2) is 10.9 Å². The molecule has 0 aliphatic carbocycles. The van der Waals surface area contributed by atoms with Crippen LogP contribution in [-0.2, 0) is 12.6 Å². The maximum atomic E-state index is 13.2. The van der Waals surface area contributed by atoms with Gasteiger partial charge in [-0.1, -0.05) is 13.0 Å². The number of halogens is 3. The maximum absolute atomic E-state index is 13.2. The summed E-state index contributed by atoms with van der Waals surface area (Å²) < 4.78 is 39.7. The summed E-state index contributed by atoms with van der Waals surface area (Å²) in [6, 6.07) is 5.10. The number of hydrogen-bond donors (Lipinski definition) is 1. The first kappa shape index (κ1) is 15.0. The summed E-state index contributed by atoms with van der Waals surface area (Å²) in [6.45, 7) is 1.68. The molecule has 110 valence electrons. The summed E-state index contributed by atoms with van der Waals surface area (Å²) >= 11 is 0. The van der Waals surface area contributed by atoms with Crippen molar-refractivity contribution in [3.05, 3.63) is 53.3 Å². The highest BCUT2D eigenvalue weighted by atomic mass is 19.4. The Bertz CT molecular complexity index is 667. The number of hydrogen-bond acceptors (Lipinski definition) is 2. The lowest BCUT2D eigenvalue weighted by Crippen LogP contribution is -2.17. The van der Waals surface area contributed by atoms with Crippen molar-refractivity contribution < 1.29 is 18.0 Å². The van der Waals surface area contributed by atoms with Gasteiger partial charge in [-0.05, 0) is 35.7 Å². The number of nitrogens with zero attached hydrogens (tertiary/aromatic N) is 1. The Morgan fingerprint density at radius 2 is 2.00 bits per heavy atom. The first-order valence-corrected chi connectivity index (χ1v) is 6.29. The van der Waals surface area contributed by atoms with Gasteiger partial charge < -0.3 is 5.73 Å². The highest BCUT2D eigenvalue weighted by Gasteiger charge is 2.35. The van der Waals surface area contributed by atoms with Gasteiger partial charge >= 0.3 is 6.18 Å². The molecule has 2 N–H and O–H groups in total. The molecule has 0 aliphatic heterocycles.